The van der Waals surface area contributed by atoms with E-state index in [1.54, 1.807) is 0 Å². The molecule has 1 saturated heterocycles. The van der Waals surface area contributed by atoms with Crippen LogP contribution >= 0.6 is 0 Å². The molecule has 10 heteroatoms. The summed E-state index contributed by atoms with van der Waals surface area (Å²) in [5.74, 6) is -0.477. The van der Waals surface area contributed by atoms with Crippen molar-refractivity contribution in [3.8, 4) is 17.2 Å². The number of hydrogen-bond donors (Lipinski definition) is 5. The Hall–Kier alpha value is -2.37. The first-order chi connectivity index (χ1) is 16.9. The van der Waals surface area contributed by atoms with Crippen molar-refractivity contribution < 1.29 is 44.2 Å². The predicted molar refractivity (Wildman–Crippen MR) is 127 cm³/mol. The first-order valence-corrected chi connectivity index (χ1v) is 12.3. The third kappa shape index (κ3) is 6.86. The van der Waals surface area contributed by atoms with E-state index in [1.807, 2.05) is 0 Å². The Labute approximate surface area is 203 Å². The van der Waals surface area contributed by atoms with Gasteiger partial charge < -0.3 is 44.2 Å². The van der Waals surface area contributed by atoms with Gasteiger partial charge in [-0.05, 0) is 18.6 Å². The molecular formula is C25H36O10. The molecule has 0 saturated carbocycles. The van der Waals surface area contributed by atoms with Crippen LogP contribution in [0.25, 0.3) is 11.0 Å². The quantitative estimate of drug-likeness (QED) is 0.205. The summed E-state index contributed by atoms with van der Waals surface area (Å²) in [5, 5.41) is 50.0. The lowest BCUT2D eigenvalue weighted by molar-refractivity contribution is -0.277. The summed E-state index contributed by atoms with van der Waals surface area (Å²) in [6, 6.07) is 4.22. The number of rotatable bonds is 13. The molecule has 1 aliphatic heterocycles. The van der Waals surface area contributed by atoms with E-state index >= 15 is 0 Å². The minimum Gasteiger partial charge on any atom is -0.504 e. The van der Waals surface area contributed by atoms with E-state index in [0.717, 1.165) is 19.3 Å². The molecule has 0 radical (unpaired) electrons. The fraction of sp³-hybridized carbons (Fsp3) is 0.640. The molecule has 0 bridgehead atoms. The van der Waals surface area contributed by atoms with Crippen LogP contribution in [0.4, 0.5) is 0 Å². The maximum Gasteiger partial charge on any atom is 0.383 e. The number of aliphatic hydroxyl groups excluding tert-OH is 4. The van der Waals surface area contributed by atoms with Crippen molar-refractivity contribution in [3.63, 3.8) is 0 Å². The smallest absolute Gasteiger partial charge is 0.383 e. The van der Waals surface area contributed by atoms with Gasteiger partial charge in [0.25, 0.3) is 0 Å². The van der Waals surface area contributed by atoms with Crippen LogP contribution in [0.2, 0.25) is 0 Å². The Kier molecular flexibility index (Phi) is 10.2. The SMILES string of the molecule is CCCCCCCCCCOc1c(O)c2ccc(O[C@@H]3O[C@H](CO)[C@@H](O)[C@H](O)[C@H]3O)cc2oc1=O. The number of hydrogen-bond acceptors (Lipinski definition) is 10. The van der Waals surface area contributed by atoms with Crippen LogP contribution in [0.3, 0.4) is 0 Å². The summed E-state index contributed by atoms with van der Waals surface area (Å²) in [6.45, 7) is 1.89. The van der Waals surface area contributed by atoms with Crippen LogP contribution in [0.1, 0.15) is 58.3 Å². The van der Waals surface area contributed by atoms with Gasteiger partial charge in [-0.1, -0.05) is 51.9 Å². The van der Waals surface area contributed by atoms with Crippen LogP contribution in [-0.4, -0.2) is 69.5 Å². The van der Waals surface area contributed by atoms with Crippen LogP contribution in [0.15, 0.2) is 27.4 Å². The molecule has 0 spiro atoms. The van der Waals surface area contributed by atoms with Crippen LogP contribution in [0.5, 0.6) is 17.2 Å². The Morgan fingerprint density at radius 1 is 0.943 bits per heavy atom. The van der Waals surface area contributed by atoms with Gasteiger partial charge in [-0.25, -0.2) is 4.79 Å². The van der Waals surface area contributed by atoms with Crippen molar-refractivity contribution in [1.29, 1.82) is 0 Å². The van der Waals surface area contributed by atoms with Gasteiger partial charge in [0.05, 0.1) is 18.6 Å². The van der Waals surface area contributed by atoms with Crippen molar-refractivity contribution in [2.75, 3.05) is 13.2 Å². The monoisotopic (exact) mass is 496 g/mol. The van der Waals surface area contributed by atoms with Gasteiger partial charge in [0.2, 0.25) is 12.0 Å². The Balaban J connectivity index is 1.60. The molecule has 0 unspecified atom stereocenters. The number of aliphatic hydroxyl groups is 4. The molecule has 1 fully saturated rings. The number of fused-ring (bicyclic) bond motifs is 1. The Morgan fingerprint density at radius 3 is 2.31 bits per heavy atom. The fourth-order valence-corrected chi connectivity index (χ4v) is 4.06. The summed E-state index contributed by atoms with van der Waals surface area (Å²) < 4.78 is 21.7. The van der Waals surface area contributed by atoms with E-state index in [-0.39, 0.29) is 34.8 Å². The van der Waals surface area contributed by atoms with Gasteiger partial charge in [-0.3, -0.25) is 0 Å². The van der Waals surface area contributed by atoms with E-state index in [9.17, 15) is 30.3 Å². The van der Waals surface area contributed by atoms with Crippen molar-refractivity contribution in [2.24, 2.45) is 0 Å². The third-order valence-electron chi connectivity index (χ3n) is 6.16. The normalized spacial score (nSPS) is 24.5. The lowest BCUT2D eigenvalue weighted by atomic mass is 9.99. The second kappa shape index (κ2) is 13.1. The van der Waals surface area contributed by atoms with Crippen molar-refractivity contribution in [1.82, 2.24) is 0 Å². The lowest BCUT2D eigenvalue weighted by Crippen LogP contribution is -2.60. The molecule has 1 aromatic carbocycles. The fourth-order valence-electron chi connectivity index (χ4n) is 4.06. The molecule has 0 aliphatic carbocycles. The van der Waals surface area contributed by atoms with Gasteiger partial charge >= 0.3 is 5.63 Å². The van der Waals surface area contributed by atoms with Gasteiger partial charge in [0, 0.05) is 6.07 Å². The molecule has 1 aromatic heterocycles. The lowest BCUT2D eigenvalue weighted by Gasteiger charge is -2.39. The summed E-state index contributed by atoms with van der Waals surface area (Å²) >= 11 is 0. The molecule has 10 nitrogen and oxygen atoms in total. The topological polar surface area (TPSA) is 159 Å². The standard InChI is InChI=1S/C25H36O10/c1-2-3-4-5-6-7-8-9-12-32-23-19(27)16-11-10-15(13-17(16)34-24(23)31)33-25-22(30)21(29)20(28)18(14-26)35-25/h10-11,13,18,20-22,25-30H,2-9,12,14H2,1H3/t18-,20-,21+,22-,25-/m1/s1. The summed E-state index contributed by atoms with van der Waals surface area (Å²) in [7, 11) is 0. The van der Waals surface area contributed by atoms with Gasteiger partial charge in [0.1, 0.15) is 35.7 Å². The third-order valence-corrected chi connectivity index (χ3v) is 6.16. The molecular weight excluding hydrogens is 460 g/mol. The van der Waals surface area contributed by atoms with Crippen LogP contribution in [0, 0.1) is 0 Å². The molecule has 5 N–H and O–H groups in total. The van der Waals surface area contributed by atoms with Crippen molar-refractivity contribution >= 4 is 11.0 Å². The van der Waals surface area contributed by atoms with E-state index < -0.39 is 42.9 Å². The maximum absolute atomic E-state index is 12.4. The van der Waals surface area contributed by atoms with Gasteiger partial charge in [-0.15, -0.1) is 0 Å². The zero-order valence-electron chi connectivity index (χ0n) is 20.0. The summed E-state index contributed by atoms with van der Waals surface area (Å²) in [5.41, 5.74) is -0.812. The van der Waals surface area contributed by atoms with Crippen LogP contribution in [-0.2, 0) is 4.74 Å². The van der Waals surface area contributed by atoms with E-state index in [0.29, 0.717) is 0 Å². The minimum absolute atomic E-state index is 0.0222. The second-order valence-corrected chi connectivity index (χ2v) is 8.86. The highest BCUT2D eigenvalue weighted by molar-refractivity contribution is 5.86. The number of aromatic hydroxyl groups is 1. The molecule has 196 valence electrons. The number of benzene rings is 1. The van der Waals surface area contributed by atoms with Crippen molar-refractivity contribution in [2.45, 2.75) is 89.0 Å². The molecule has 35 heavy (non-hydrogen) atoms. The van der Waals surface area contributed by atoms with Crippen molar-refractivity contribution in [3.05, 3.63) is 28.6 Å². The second-order valence-electron chi connectivity index (χ2n) is 8.86. The molecule has 0 amide bonds. The predicted octanol–water partition coefficient (Wildman–Crippen LogP) is 2.20. The summed E-state index contributed by atoms with van der Waals surface area (Å²) in [4.78, 5) is 12.4. The zero-order valence-corrected chi connectivity index (χ0v) is 20.0. The van der Waals surface area contributed by atoms with E-state index in [1.165, 1.54) is 50.3 Å². The molecule has 3 rings (SSSR count). The molecule has 2 aromatic rings. The van der Waals surface area contributed by atoms with Crippen LogP contribution < -0.4 is 15.1 Å². The maximum atomic E-state index is 12.4. The average molecular weight is 497 g/mol. The summed E-state index contributed by atoms with van der Waals surface area (Å²) in [6.07, 6.45) is 1.79. The van der Waals surface area contributed by atoms with Gasteiger partial charge in [0.15, 0.2) is 5.75 Å². The first-order valence-electron chi connectivity index (χ1n) is 12.3. The Bertz CT molecular complexity index is 988. The Morgan fingerprint density at radius 2 is 1.63 bits per heavy atom. The highest BCUT2D eigenvalue weighted by Gasteiger charge is 2.44. The van der Waals surface area contributed by atoms with Gasteiger partial charge in [-0.2, -0.15) is 0 Å². The minimum atomic E-state index is -1.59. The molecule has 1 aliphatic rings. The van der Waals surface area contributed by atoms with E-state index in [2.05, 4.69) is 6.92 Å². The first kappa shape index (κ1) is 27.2. The van der Waals surface area contributed by atoms with E-state index in [4.69, 9.17) is 18.6 Å². The zero-order chi connectivity index (χ0) is 25.4. The largest absolute Gasteiger partial charge is 0.504 e. The number of ether oxygens (including phenoxy) is 3. The molecule has 2 heterocycles. The number of unbranched alkanes of at least 4 members (excludes halogenated alkanes) is 7. The average Bonchev–Trinajstić information content (AvgIpc) is 2.84. The molecule has 5 atom stereocenters. The highest BCUT2D eigenvalue weighted by Crippen LogP contribution is 2.34. The highest BCUT2D eigenvalue weighted by atomic mass is 16.7.